The van der Waals surface area contributed by atoms with E-state index < -0.39 is 6.10 Å². The van der Waals surface area contributed by atoms with Crippen LogP contribution in [-0.2, 0) is 6.42 Å². The Hall–Kier alpha value is -0.610. The molecule has 0 aliphatic heterocycles. The predicted octanol–water partition coefficient (Wildman–Crippen LogP) is 3.73. The van der Waals surface area contributed by atoms with Crippen molar-refractivity contribution in [2.24, 2.45) is 0 Å². The average molecular weight is 274 g/mol. The van der Waals surface area contributed by atoms with E-state index in [1.165, 1.54) is 11.3 Å². The molecule has 0 aliphatic carbocycles. The molecule has 0 aliphatic rings. The van der Waals surface area contributed by atoms with Crippen molar-refractivity contribution >= 4 is 34.5 Å². The summed E-state index contributed by atoms with van der Waals surface area (Å²) in [5.74, 6) is 0. The molecule has 0 bridgehead atoms. The van der Waals surface area contributed by atoms with Gasteiger partial charge in [0.05, 0.1) is 15.1 Å². The lowest BCUT2D eigenvalue weighted by molar-refractivity contribution is 0.174. The first-order valence-corrected chi connectivity index (χ1v) is 6.27. The number of rotatable bonds is 3. The topological polar surface area (TPSA) is 33.1 Å². The van der Waals surface area contributed by atoms with Crippen LogP contribution in [0.1, 0.15) is 16.7 Å². The lowest BCUT2D eigenvalue weighted by Gasteiger charge is -2.09. The maximum Gasteiger partial charge on any atom is 0.102 e. The van der Waals surface area contributed by atoms with Crippen LogP contribution in [0.5, 0.6) is 0 Å². The van der Waals surface area contributed by atoms with Gasteiger partial charge in [-0.3, -0.25) is 4.98 Å². The summed E-state index contributed by atoms with van der Waals surface area (Å²) in [6, 6.07) is 7.16. The summed E-state index contributed by atoms with van der Waals surface area (Å²) in [6.07, 6.45) is 1.41. The summed E-state index contributed by atoms with van der Waals surface area (Å²) in [7, 11) is 0. The predicted molar refractivity (Wildman–Crippen MR) is 67.2 cm³/mol. The number of halogens is 2. The molecule has 0 saturated carbocycles. The molecule has 0 saturated heterocycles. The Morgan fingerprint density at radius 2 is 2.12 bits per heavy atom. The molecular formula is C11H9Cl2NOS. The van der Waals surface area contributed by atoms with Crippen LogP contribution in [0, 0.1) is 0 Å². The Kier molecular flexibility index (Phi) is 3.82. The van der Waals surface area contributed by atoms with Gasteiger partial charge in [0.2, 0.25) is 0 Å². The molecular weight excluding hydrogens is 265 g/mol. The van der Waals surface area contributed by atoms with E-state index in [1.54, 1.807) is 18.3 Å². The van der Waals surface area contributed by atoms with E-state index in [2.05, 4.69) is 4.98 Å². The SMILES string of the molecule is OC(Cc1ccc(Cl)s1)c1ncccc1Cl. The van der Waals surface area contributed by atoms with Crippen molar-refractivity contribution in [1.82, 2.24) is 4.98 Å². The molecule has 2 heterocycles. The minimum absolute atomic E-state index is 0.480. The van der Waals surface area contributed by atoms with Crippen LogP contribution in [0.4, 0.5) is 0 Å². The molecule has 0 radical (unpaired) electrons. The highest BCUT2D eigenvalue weighted by molar-refractivity contribution is 7.16. The Morgan fingerprint density at radius 3 is 2.75 bits per heavy atom. The Labute approximate surface area is 107 Å². The van der Waals surface area contributed by atoms with Crippen molar-refractivity contribution < 1.29 is 5.11 Å². The number of aliphatic hydroxyl groups is 1. The normalized spacial score (nSPS) is 12.7. The first-order valence-electron chi connectivity index (χ1n) is 4.69. The molecule has 0 spiro atoms. The standard InChI is InChI=1S/C11H9Cl2NOS/c12-8-2-1-5-14-11(8)9(15)6-7-3-4-10(13)16-7/h1-5,9,15H,6H2. The fraction of sp³-hybridized carbons (Fsp3) is 0.182. The van der Waals surface area contributed by atoms with Gasteiger partial charge in [0, 0.05) is 17.5 Å². The molecule has 0 aromatic carbocycles. The third-order valence-electron chi connectivity index (χ3n) is 2.13. The minimum Gasteiger partial charge on any atom is -0.386 e. The molecule has 16 heavy (non-hydrogen) atoms. The second kappa shape index (κ2) is 5.15. The third kappa shape index (κ3) is 2.74. The van der Waals surface area contributed by atoms with Gasteiger partial charge in [0.25, 0.3) is 0 Å². The average Bonchev–Trinajstić information content (AvgIpc) is 2.64. The van der Waals surface area contributed by atoms with Crippen molar-refractivity contribution in [2.75, 3.05) is 0 Å². The van der Waals surface area contributed by atoms with Crippen LogP contribution in [0.25, 0.3) is 0 Å². The summed E-state index contributed by atoms with van der Waals surface area (Å²) >= 11 is 13.2. The minimum atomic E-state index is -0.691. The molecule has 1 atom stereocenters. The molecule has 84 valence electrons. The lowest BCUT2D eigenvalue weighted by atomic mass is 10.1. The highest BCUT2D eigenvalue weighted by atomic mass is 35.5. The molecule has 2 nitrogen and oxygen atoms in total. The lowest BCUT2D eigenvalue weighted by Crippen LogP contribution is -2.03. The fourth-order valence-electron chi connectivity index (χ4n) is 1.39. The first-order chi connectivity index (χ1) is 7.66. The van der Waals surface area contributed by atoms with Gasteiger partial charge < -0.3 is 5.11 Å². The van der Waals surface area contributed by atoms with Crippen molar-refractivity contribution in [3.05, 3.63) is 50.4 Å². The Morgan fingerprint density at radius 1 is 1.31 bits per heavy atom. The van der Waals surface area contributed by atoms with Gasteiger partial charge in [0.15, 0.2) is 0 Å². The molecule has 2 aromatic heterocycles. The maximum absolute atomic E-state index is 9.98. The highest BCUT2D eigenvalue weighted by Gasteiger charge is 2.14. The number of nitrogens with zero attached hydrogens (tertiary/aromatic N) is 1. The summed E-state index contributed by atoms with van der Waals surface area (Å²) < 4.78 is 0.717. The van der Waals surface area contributed by atoms with Crippen LogP contribution in [0.15, 0.2) is 30.5 Å². The molecule has 0 fully saturated rings. The maximum atomic E-state index is 9.98. The summed E-state index contributed by atoms with van der Waals surface area (Å²) in [6.45, 7) is 0. The Balaban J connectivity index is 2.14. The van der Waals surface area contributed by atoms with E-state index in [-0.39, 0.29) is 0 Å². The van der Waals surface area contributed by atoms with Crippen LogP contribution >= 0.6 is 34.5 Å². The number of hydrogen-bond donors (Lipinski definition) is 1. The fourth-order valence-corrected chi connectivity index (χ4v) is 2.76. The van der Waals surface area contributed by atoms with Gasteiger partial charge in [-0.2, -0.15) is 0 Å². The van der Waals surface area contributed by atoms with Gasteiger partial charge in [-0.25, -0.2) is 0 Å². The molecule has 0 amide bonds. The van der Waals surface area contributed by atoms with Crippen molar-refractivity contribution in [3.63, 3.8) is 0 Å². The quantitative estimate of drug-likeness (QED) is 0.925. The Bertz CT molecular complexity index is 486. The molecule has 1 unspecified atom stereocenters. The number of aromatic nitrogens is 1. The number of aliphatic hydroxyl groups excluding tert-OH is 1. The van der Waals surface area contributed by atoms with E-state index in [0.29, 0.717) is 21.5 Å². The van der Waals surface area contributed by atoms with Crippen LogP contribution in [0.2, 0.25) is 9.36 Å². The second-order valence-electron chi connectivity index (χ2n) is 3.30. The molecule has 2 aromatic rings. The van der Waals surface area contributed by atoms with E-state index >= 15 is 0 Å². The van der Waals surface area contributed by atoms with Crippen molar-refractivity contribution in [1.29, 1.82) is 0 Å². The van der Waals surface area contributed by atoms with Gasteiger partial charge in [-0.1, -0.05) is 23.2 Å². The largest absolute Gasteiger partial charge is 0.386 e. The van der Waals surface area contributed by atoms with Crippen molar-refractivity contribution in [3.8, 4) is 0 Å². The van der Waals surface area contributed by atoms with E-state index in [1.807, 2.05) is 12.1 Å². The number of thiophene rings is 1. The van der Waals surface area contributed by atoms with Gasteiger partial charge >= 0.3 is 0 Å². The van der Waals surface area contributed by atoms with Gasteiger partial charge in [-0.05, 0) is 24.3 Å². The zero-order valence-corrected chi connectivity index (χ0v) is 10.6. The van der Waals surface area contributed by atoms with Crippen LogP contribution in [-0.4, -0.2) is 10.1 Å². The number of pyridine rings is 1. The zero-order chi connectivity index (χ0) is 11.5. The monoisotopic (exact) mass is 273 g/mol. The van der Waals surface area contributed by atoms with Crippen molar-refractivity contribution in [2.45, 2.75) is 12.5 Å². The zero-order valence-electron chi connectivity index (χ0n) is 8.23. The molecule has 1 N–H and O–H groups in total. The van der Waals surface area contributed by atoms with E-state index in [0.717, 1.165) is 4.88 Å². The molecule has 2 rings (SSSR count). The van der Waals surface area contributed by atoms with Gasteiger partial charge in [-0.15, -0.1) is 11.3 Å². The smallest absolute Gasteiger partial charge is 0.102 e. The second-order valence-corrected chi connectivity index (χ2v) is 5.50. The van der Waals surface area contributed by atoms with Crippen LogP contribution < -0.4 is 0 Å². The summed E-state index contributed by atoms with van der Waals surface area (Å²) in [4.78, 5) is 5.08. The third-order valence-corrected chi connectivity index (χ3v) is 3.70. The first kappa shape index (κ1) is 11.9. The molecule has 5 heteroatoms. The van der Waals surface area contributed by atoms with Gasteiger partial charge in [0.1, 0.15) is 6.10 Å². The van der Waals surface area contributed by atoms with E-state index in [9.17, 15) is 5.11 Å². The number of hydrogen-bond acceptors (Lipinski definition) is 3. The van der Waals surface area contributed by atoms with E-state index in [4.69, 9.17) is 23.2 Å². The highest BCUT2D eigenvalue weighted by Crippen LogP contribution is 2.28. The van der Waals surface area contributed by atoms with Crippen LogP contribution in [0.3, 0.4) is 0 Å². The summed E-state index contributed by atoms with van der Waals surface area (Å²) in [5, 5.41) is 10.5. The summed E-state index contributed by atoms with van der Waals surface area (Å²) in [5.41, 5.74) is 0.508.